The number of aliphatic imine (C=N–C) groups is 1. The van der Waals surface area contributed by atoms with E-state index in [2.05, 4.69) is 56.8 Å². The number of nitrogens with zero attached hydrogens (tertiary/aromatic N) is 6. The highest BCUT2D eigenvalue weighted by Crippen LogP contribution is 2.27. The second kappa shape index (κ2) is 12.4. The van der Waals surface area contributed by atoms with E-state index in [1.165, 1.54) is 25.7 Å². The van der Waals surface area contributed by atoms with Gasteiger partial charge in [-0.1, -0.05) is 25.8 Å². The van der Waals surface area contributed by atoms with E-state index in [0.29, 0.717) is 18.5 Å². The average Bonchev–Trinajstić information content (AvgIpc) is 3.19. The lowest BCUT2D eigenvalue weighted by molar-refractivity contribution is 0.189. The SMILES string of the molecule is CCNC(=NCc1ccc(N2CCCCCC2)nc1)N1CCC(C)C(n2ccnc2)C1.I. The third-order valence-corrected chi connectivity index (χ3v) is 6.61. The van der Waals surface area contributed by atoms with E-state index in [1.807, 2.05) is 18.7 Å². The van der Waals surface area contributed by atoms with Crippen LogP contribution in [-0.4, -0.2) is 58.1 Å². The molecule has 0 aromatic carbocycles. The van der Waals surface area contributed by atoms with Crippen LogP contribution < -0.4 is 10.2 Å². The number of halogens is 1. The second-order valence-electron chi connectivity index (χ2n) is 8.89. The van der Waals surface area contributed by atoms with Crippen LogP contribution in [0.2, 0.25) is 0 Å². The molecule has 2 unspecified atom stereocenters. The molecule has 2 aliphatic rings. The van der Waals surface area contributed by atoms with Gasteiger partial charge < -0.3 is 19.7 Å². The largest absolute Gasteiger partial charge is 0.357 e. The van der Waals surface area contributed by atoms with Gasteiger partial charge in [0.15, 0.2) is 5.96 Å². The van der Waals surface area contributed by atoms with Gasteiger partial charge in [-0.05, 0) is 43.7 Å². The Kier molecular flexibility index (Phi) is 9.62. The standard InChI is InChI=1S/C24H37N7.HI/c1-3-26-24(30-14-10-20(2)22(18-30)31-15-11-25-19-31)28-17-21-8-9-23(27-16-21)29-12-6-4-5-7-13-29;/h8-9,11,15-16,19-20,22H,3-7,10,12-14,17-18H2,1-2H3,(H,26,28);1H. The summed E-state index contributed by atoms with van der Waals surface area (Å²) in [5.74, 6) is 2.73. The monoisotopic (exact) mass is 551 g/mol. The maximum absolute atomic E-state index is 4.96. The Balaban J connectivity index is 0.00000289. The molecule has 0 radical (unpaired) electrons. The van der Waals surface area contributed by atoms with Crippen molar-refractivity contribution < 1.29 is 0 Å². The summed E-state index contributed by atoms with van der Waals surface area (Å²) >= 11 is 0. The van der Waals surface area contributed by atoms with Gasteiger partial charge in [-0.3, -0.25) is 0 Å². The van der Waals surface area contributed by atoms with E-state index >= 15 is 0 Å². The van der Waals surface area contributed by atoms with Gasteiger partial charge >= 0.3 is 0 Å². The van der Waals surface area contributed by atoms with Crippen molar-refractivity contribution in [1.82, 2.24) is 24.8 Å². The summed E-state index contributed by atoms with van der Waals surface area (Å²) in [4.78, 5) is 18.8. The zero-order valence-corrected chi connectivity index (χ0v) is 21.8. The maximum atomic E-state index is 4.96. The van der Waals surface area contributed by atoms with E-state index in [0.717, 1.165) is 56.5 Å². The first-order valence-corrected chi connectivity index (χ1v) is 11.9. The molecule has 0 saturated carbocycles. The van der Waals surface area contributed by atoms with Gasteiger partial charge in [0.25, 0.3) is 0 Å². The van der Waals surface area contributed by atoms with Crippen molar-refractivity contribution in [1.29, 1.82) is 0 Å². The van der Waals surface area contributed by atoms with Crippen molar-refractivity contribution in [2.24, 2.45) is 10.9 Å². The van der Waals surface area contributed by atoms with Crippen LogP contribution in [0.4, 0.5) is 5.82 Å². The summed E-state index contributed by atoms with van der Waals surface area (Å²) in [6.45, 7) is 10.2. The summed E-state index contributed by atoms with van der Waals surface area (Å²) in [7, 11) is 0. The highest BCUT2D eigenvalue weighted by atomic mass is 127. The summed E-state index contributed by atoms with van der Waals surface area (Å²) in [5.41, 5.74) is 1.16. The molecule has 4 rings (SSSR count). The molecule has 0 aliphatic carbocycles. The first-order chi connectivity index (χ1) is 15.2. The molecule has 2 fully saturated rings. The Morgan fingerprint density at radius 2 is 1.97 bits per heavy atom. The van der Waals surface area contributed by atoms with Crippen LogP contribution in [0.15, 0.2) is 42.0 Å². The Morgan fingerprint density at radius 1 is 1.16 bits per heavy atom. The minimum Gasteiger partial charge on any atom is -0.357 e. The van der Waals surface area contributed by atoms with E-state index in [1.54, 1.807) is 0 Å². The molecule has 32 heavy (non-hydrogen) atoms. The van der Waals surface area contributed by atoms with Crippen LogP contribution in [0, 0.1) is 5.92 Å². The first-order valence-electron chi connectivity index (χ1n) is 11.9. The molecular weight excluding hydrogens is 513 g/mol. The predicted octanol–water partition coefficient (Wildman–Crippen LogP) is 4.33. The Bertz CT molecular complexity index is 813. The van der Waals surface area contributed by atoms with E-state index < -0.39 is 0 Å². The zero-order valence-electron chi connectivity index (χ0n) is 19.5. The molecule has 2 aromatic heterocycles. The molecule has 8 heteroatoms. The normalized spacial score (nSPS) is 22.2. The van der Waals surface area contributed by atoms with E-state index in [4.69, 9.17) is 9.98 Å². The molecule has 0 amide bonds. The van der Waals surface area contributed by atoms with Crippen molar-refractivity contribution in [3.8, 4) is 0 Å². The van der Waals surface area contributed by atoms with Gasteiger partial charge in [0.1, 0.15) is 5.82 Å². The van der Waals surface area contributed by atoms with Crippen LogP contribution >= 0.6 is 24.0 Å². The summed E-state index contributed by atoms with van der Waals surface area (Å²) in [6.07, 6.45) is 14.3. The number of hydrogen-bond acceptors (Lipinski definition) is 4. The molecule has 0 bridgehead atoms. The molecule has 2 aromatic rings. The number of nitrogens with one attached hydrogen (secondary N) is 1. The van der Waals surface area contributed by atoms with Crippen molar-refractivity contribution in [2.75, 3.05) is 37.6 Å². The van der Waals surface area contributed by atoms with Gasteiger partial charge in [-0.15, -0.1) is 24.0 Å². The second-order valence-corrected chi connectivity index (χ2v) is 8.89. The van der Waals surface area contributed by atoms with Gasteiger partial charge in [0.05, 0.1) is 18.9 Å². The first kappa shape index (κ1) is 24.8. The molecule has 7 nitrogen and oxygen atoms in total. The lowest BCUT2D eigenvalue weighted by Crippen LogP contribution is -2.49. The van der Waals surface area contributed by atoms with Crippen molar-refractivity contribution >= 4 is 35.8 Å². The fourth-order valence-corrected chi connectivity index (χ4v) is 4.68. The van der Waals surface area contributed by atoms with E-state index in [9.17, 15) is 0 Å². The molecule has 2 atom stereocenters. The van der Waals surface area contributed by atoms with Crippen LogP contribution in [-0.2, 0) is 6.54 Å². The number of likely N-dealkylation sites (tertiary alicyclic amines) is 1. The quantitative estimate of drug-likeness (QED) is 0.341. The third-order valence-electron chi connectivity index (χ3n) is 6.61. The van der Waals surface area contributed by atoms with Crippen LogP contribution in [0.1, 0.15) is 57.6 Å². The minimum absolute atomic E-state index is 0. The maximum Gasteiger partial charge on any atom is 0.194 e. The van der Waals surface area contributed by atoms with Crippen LogP contribution in [0.3, 0.4) is 0 Å². The molecule has 176 valence electrons. The van der Waals surface area contributed by atoms with Gasteiger partial charge in [0.2, 0.25) is 0 Å². The minimum atomic E-state index is 0. The number of guanidine groups is 1. The molecule has 1 N–H and O–H groups in total. The molecule has 2 saturated heterocycles. The van der Waals surface area contributed by atoms with Gasteiger partial charge in [-0.25, -0.2) is 15.0 Å². The molecule has 2 aliphatic heterocycles. The molecular formula is C24H38IN7. The molecule has 4 heterocycles. The number of anilines is 1. The number of hydrogen-bond donors (Lipinski definition) is 1. The smallest absolute Gasteiger partial charge is 0.194 e. The van der Waals surface area contributed by atoms with Gasteiger partial charge in [0, 0.05) is 51.3 Å². The van der Waals surface area contributed by atoms with E-state index in [-0.39, 0.29) is 24.0 Å². The number of rotatable bonds is 5. The molecule has 0 spiro atoms. The fraction of sp³-hybridized carbons (Fsp3) is 0.625. The lowest BCUT2D eigenvalue weighted by Gasteiger charge is -2.39. The summed E-state index contributed by atoms with van der Waals surface area (Å²) in [6, 6.07) is 4.78. The third kappa shape index (κ3) is 6.36. The topological polar surface area (TPSA) is 61.6 Å². The average molecular weight is 552 g/mol. The van der Waals surface area contributed by atoms with Crippen LogP contribution in [0.5, 0.6) is 0 Å². The number of aromatic nitrogens is 3. The Hall–Kier alpha value is -1.84. The Morgan fingerprint density at radius 3 is 2.62 bits per heavy atom. The number of piperidine rings is 1. The Labute approximate surface area is 209 Å². The lowest BCUT2D eigenvalue weighted by atomic mass is 9.93. The number of pyridine rings is 1. The van der Waals surface area contributed by atoms with Crippen molar-refractivity contribution in [3.05, 3.63) is 42.6 Å². The van der Waals surface area contributed by atoms with Crippen LogP contribution in [0.25, 0.3) is 0 Å². The summed E-state index contributed by atoms with van der Waals surface area (Å²) in [5, 5.41) is 3.50. The zero-order chi connectivity index (χ0) is 21.5. The highest BCUT2D eigenvalue weighted by molar-refractivity contribution is 14.0. The predicted molar refractivity (Wildman–Crippen MR) is 142 cm³/mol. The fourth-order valence-electron chi connectivity index (χ4n) is 4.68. The number of imidazole rings is 1. The van der Waals surface area contributed by atoms with Gasteiger partial charge in [-0.2, -0.15) is 0 Å². The van der Waals surface area contributed by atoms with Crippen molar-refractivity contribution in [3.63, 3.8) is 0 Å². The summed E-state index contributed by atoms with van der Waals surface area (Å²) < 4.78 is 2.24. The highest BCUT2D eigenvalue weighted by Gasteiger charge is 2.28. The van der Waals surface area contributed by atoms with Crippen molar-refractivity contribution in [2.45, 2.75) is 58.5 Å².